The Balaban J connectivity index is 2.13. The van der Waals surface area contributed by atoms with E-state index in [-0.39, 0.29) is 0 Å². The third-order valence-corrected chi connectivity index (χ3v) is 4.79. The van der Waals surface area contributed by atoms with Crippen molar-refractivity contribution in [2.24, 2.45) is 0 Å². The van der Waals surface area contributed by atoms with Gasteiger partial charge in [0.25, 0.3) is 0 Å². The van der Waals surface area contributed by atoms with Crippen LogP contribution in [0.5, 0.6) is 0 Å². The zero-order valence-corrected chi connectivity index (χ0v) is 13.5. The molecule has 0 saturated heterocycles. The predicted octanol–water partition coefficient (Wildman–Crippen LogP) is 5.30. The molecular weight excluding hydrogens is 280 g/mol. The van der Waals surface area contributed by atoms with Crippen molar-refractivity contribution in [3.8, 4) is 11.1 Å². The van der Waals surface area contributed by atoms with E-state index in [0.717, 1.165) is 0 Å². The lowest BCUT2D eigenvalue weighted by Crippen LogP contribution is -2.31. The van der Waals surface area contributed by atoms with Crippen molar-refractivity contribution in [3.05, 3.63) is 95.1 Å². The Morgan fingerprint density at radius 1 is 0.696 bits per heavy atom. The highest BCUT2D eigenvalue weighted by atomic mass is 16.5. The van der Waals surface area contributed by atoms with Gasteiger partial charge in [-0.15, -0.1) is 0 Å². The van der Waals surface area contributed by atoms with Crippen LogP contribution >= 0.6 is 0 Å². The Morgan fingerprint density at radius 3 is 1.70 bits per heavy atom. The molecular formula is C22H20O. The van der Waals surface area contributed by atoms with Crippen LogP contribution in [0.25, 0.3) is 11.1 Å². The van der Waals surface area contributed by atoms with Gasteiger partial charge in [0.05, 0.1) is 0 Å². The highest BCUT2D eigenvalue weighted by Gasteiger charge is 2.45. The summed E-state index contributed by atoms with van der Waals surface area (Å²) in [7, 11) is 0. The van der Waals surface area contributed by atoms with Gasteiger partial charge in [-0.25, -0.2) is 0 Å². The molecule has 0 spiro atoms. The molecule has 1 heteroatoms. The minimum absolute atomic E-state index is 0.507. The van der Waals surface area contributed by atoms with Gasteiger partial charge in [-0.05, 0) is 36.1 Å². The van der Waals surface area contributed by atoms with Crippen molar-refractivity contribution in [1.29, 1.82) is 0 Å². The first-order valence-corrected chi connectivity index (χ1v) is 8.18. The van der Waals surface area contributed by atoms with Crippen LogP contribution in [0.3, 0.4) is 0 Å². The molecule has 0 aliphatic heterocycles. The summed E-state index contributed by atoms with van der Waals surface area (Å²) >= 11 is 0. The highest BCUT2D eigenvalue weighted by Crippen LogP contribution is 2.53. The van der Waals surface area contributed by atoms with Crippen LogP contribution < -0.4 is 0 Å². The number of hydrogen-bond donors (Lipinski definition) is 0. The average molecular weight is 300 g/mol. The molecule has 0 amide bonds. The largest absolute Gasteiger partial charge is 0.361 e. The van der Waals surface area contributed by atoms with Gasteiger partial charge in [0.15, 0.2) is 0 Å². The lowest BCUT2D eigenvalue weighted by molar-refractivity contribution is 0.0245. The average Bonchev–Trinajstić information content (AvgIpc) is 2.88. The number of ether oxygens (including phenoxy) is 1. The van der Waals surface area contributed by atoms with Crippen molar-refractivity contribution in [2.75, 3.05) is 6.61 Å². The lowest BCUT2D eigenvalue weighted by Gasteiger charge is -2.33. The van der Waals surface area contributed by atoms with Crippen molar-refractivity contribution in [3.63, 3.8) is 0 Å². The molecule has 1 aliphatic rings. The number of fused-ring (bicyclic) bond motifs is 3. The molecule has 4 rings (SSSR count). The fraction of sp³-hybridized carbons (Fsp3) is 0.182. The van der Waals surface area contributed by atoms with Crippen LogP contribution in [-0.2, 0) is 10.3 Å². The first-order valence-electron chi connectivity index (χ1n) is 8.18. The Bertz CT molecular complexity index is 818. The zero-order chi connectivity index (χ0) is 15.9. The lowest BCUT2D eigenvalue weighted by atomic mass is 9.81. The number of aryl methyl sites for hydroxylation is 1. The minimum atomic E-state index is -0.507. The first-order chi connectivity index (χ1) is 11.3. The van der Waals surface area contributed by atoms with Gasteiger partial charge in [0.2, 0.25) is 0 Å². The fourth-order valence-corrected chi connectivity index (χ4v) is 3.90. The maximum Gasteiger partial charge on any atom is 0.145 e. The SMILES string of the molecule is CCOC1(c2ccccc2C)c2ccccc2-c2ccccc21. The van der Waals surface area contributed by atoms with E-state index in [1.807, 2.05) is 0 Å². The van der Waals surface area contributed by atoms with Gasteiger partial charge < -0.3 is 4.74 Å². The quantitative estimate of drug-likeness (QED) is 0.637. The van der Waals surface area contributed by atoms with Crippen molar-refractivity contribution in [2.45, 2.75) is 19.4 Å². The Morgan fingerprint density at radius 2 is 1.17 bits per heavy atom. The Labute approximate surface area is 137 Å². The number of benzene rings is 3. The predicted molar refractivity (Wildman–Crippen MR) is 94.6 cm³/mol. The van der Waals surface area contributed by atoms with Crippen LogP contribution in [0.2, 0.25) is 0 Å². The molecule has 0 bridgehead atoms. The molecule has 0 heterocycles. The first kappa shape index (κ1) is 14.2. The number of rotatable bonds is 3. The summed E-state index contributed by atoms with van der Waals surface area (Å²) in [6, 6.07) is 25.8. The zero-order valence-electron chi connectivity index (χ0n) is 13.5. The Kier molecular flexibility index (Phi) is 3.32. The molecule has 0 fully saturated rings. The second kappa shape index (κ2) is 5.36. The van der Waals surface area contributed by atoms with Crippen molar-refractivity contribution < 1.29 is 4.74 Å². The molecule has 114 valence electrons. The van der Waals surface area contributed by atoms with Gasteiger partial charge in [-0.3, -0.25) is 0 Å². The summed E-state index contributed by atoms with van der Waals surface area (Å²) in [6.07, 6.45) is 0. The van der Waals surface area contributed by atoms with Gasteiger partial charge in [-0.1, -0.05) is 72.8 Å². The smallest absolute Gasteiger partial charge is 0.145 e. The van der Waals surface area contributed by atoms with Gasteiger partial charge in [-0.2, -0.15) is 0 Å². The molecule has 0 radical (unpaired) electrons. The van der Waals surface area contributed by atoms with E-state index < -0.39 is 5.60 Å². The van der Waals surface area contributed by atoms with E-state index in [4.69, 9.17) is 4.74 Å². The fourth-order valence-electron chi connectivity index (χ4n) is 3.90. The summed E-state index contributed by atoms with van der Waals surface area (Å²) in [4.78, 5) is 0. The molecule has 3 aromatic carbocycles. The number of hydrogen-bond acceptors (Lipinski definition) is 1. The molecule has 0 unspecified atom stereocenters. The molecule has 1 aliphatic carbocycles. The molecule has 3 aromatic rings. The normalized spacial score (nSPS) is 14.3. The van der Waals surface area contributed by atoms with Gasteiger partial charge in [0.1, 0.15) is 5.60 Å². The highest BCUT2D eigenvalue weighted by molar-refractivity contribution is 5.82. The third-order valence-electron chi connectivity index (χ3n) is 4.79. The molecule has 23 heavy (non-hydrogen) atoms. The van der Waals surface area contributed by atoms with E-state index in [1.165, 1.54) is 33.4 Å². The van der Waals surface area contributed by atoms with E-state index in [1.54, 1.807) is 0 Å². The Hall–Kier alpha value is -2.38. The second-order valence-electron chi connectivity index (χ2n) is 6.02. The van der Waals surface area contributed by atoms with Crippen LogP contribution in [0.15, 0.2) is 72.8 Å². The van der Waals surface area contributed by atoms with Crippen LogP contribution in [-0.4, -0.2) is 6.61 Å². The van der Waals surface area contributed by atoms with Gasteiger partial charge >= 0.3 is 0 Å². The standard InChI is InChI=1S/C22H20O/c1-3-23-22(19-13-7-4-10-16(19)2)20-14-8-5-11-17(20)18-12-6-9-15-21(18)22/h4-15H,3H2,1-2H3. The van der Waals surface area contributed by atoms with Crippen molar-refractivity contribution in [1.82, 2.24) is 0 Å². The monoisotopic (exact) mass is 300 g/mol. The second-order valence-corrected chi connectivity index (χ2v) is 6.02. The molecule has 0 saturated carbocycles. The topological polar surface area (TPSA) is 9.23 Å². The third kappa shape index (κ3) is 1.90. The van der Waals surface area contributed by atoms with Crippen LogP contribution in [0.4, 0.5) is 0 Å². The minimum Gasteiger partial charge on any atom is -0.361 e. The molecule has 0 atom stereocenters. The van der Waals surface area contributed by atoms with Gasteiger partial charge in [0, 0.05) is 17.7 Å². The van der Waals surface area contributed by atoms with E-state index in [0.29, 0.717) is 6.61 Å². The molecule has 0 aromatic heterocycles. The summed E-state index contributed by atoms with van der Waals surface area (Å²) in [5.41, 5.74) is 7.04. The van der Waals surface area contributed by atoms with E-state index in [2.05, 4.69) is 86.6 Å². The van der Waals surface area contributed by atoms with Crippen LogP contribution in [0, 0.1) is 6.92 Å². The maximum absolute atomic E-state index is 6.51. The summed E-state index contributed by atoms with van der Waals surface area (Å²) < 4.78 is 6.51. The molecule has 0 N–H and O–H groups in total. The maximum atomic E-state index is 6.51. The van der Waals surface area contributed by atoms with Crippen molar-refractivity contribution >= 4 is 0 Å². The summed E-state index contributed by atoms with van der Waals surface area (Å²) in [5.74, 6) is 0. The van der Waals surface area contributed by atoms with Crippen LogP contribution in [0.1, 0.15) is 29.2 Å². The van der Waals surface area contributed by atoms with E-state index in [9.17, 15) is 0 Å². The molecule has 1 nitrogen and oxygen atoms in total. The summed E-state index contributed by atoms with van der Waals surface area (Å²) in [5, 5.41) is 0. The summed E-state index contributed by atoms with van der Waals surface area (Å²) in [6.45, 7) is 4.90. The van der Waals surface area contributed by atoms with E-state index >= 15 is 0 Å².